The Balaban J connectivity index is 1.99. The predicted octanol–water partition coefficient (Wildman–Crippen LogP) is 3.94. The van der Waals surface area contributed by atoms with Gasteiger partial charge < -0.3 is 10.1 Å². The second-order valence-electron chi connectivity index (χ2n) is 6.63. The van der Waals surface area contributed by atoms with Crippen molar-refractivity contribution in [1.82, 2.24) is 10.3 Å². The van der Waals surface area contributed by atoms with Crippen LogP contribution in [0.5, 0.6) is 0 Å². The van der Waals surface area contributed by atoms with Crippen LogP contribution in [0.3, 0.4) is 0 Å². The highest BCUT2D eigenvalue weighted by molar-refractivity contribution is 8.01. The molecule has 2 aromatic rings. The molecule has 0 aliphatic rings. The number of unbranched alkanes of at least 4 members (excludes halogenated alkanes) is 1. The Kier molecular flexibility index (Phi) is 9.73. The van der Waals surface area contributed by atoms with Crippen molar-refractivity contribution in [1.29, 1.82) is 0 Å². The third kappa shape index (κ3) is 7.41. The quantitative estimate of drug-likeness (QED) is 0.232. The molecule has 28 heavy (non-hydrogen) atoms. The minimum absolute atomic E-state index is 0.0965. The van der Waals surface area contributed by atoms with Gasteiger partial charge in [0.25, 0.3) is 0 Å². The lowest BCUT2D eigenvalue weighted by atomic mass is 10.1. The van der Waals surface area contributed by atoms with Crippen molar-refractivity contribution in [3.8, 4) is 0 Å². The van der Waals surface area contributed by atoms with Crippen LogP contribution < -0.4 is 11.1 Å². The van der Waals surface area contributed by atoms with Gasteiger partial charge in [0.2, 0.25) is 5.91 Å². The van der Waals surface area contributed by atoms with E-state index in [4.69, 9.17) is 10.5 Å². The lowest BCUT2D eigenvalue weighted by Gasteiger charge is -2.18. The fraction of sp³-hybridized carbons (Fsp3) is 0.550. The summed E-state index contributed by atoms with van der Waals surface area (Å²) in [7, 11) is 0. The first-order chi connectivity index (χ1) is 13.5. The summed E-state index contributed by atoms with van der Waals surface area (Å²) in [6, 6.07) is 7.91. The first kappa shape index (κ1) is 22.6. The number of hydrogen-bond acceptors (Lipinski definition) is 7. The number of ether oxygens (including phenoxy) is 1. The zero-order chi connectivity index (χ0) is 20.4. The molecule has 1 amide bonds. The van der Waals surface area contributed by atoms with E-state index in [1.807, 2.05) is 31.2 Å². The van der Waals surface area contributed by atoms with Crippen molar-refractivity contribution >= 4 is 45.2 Å². The molecule has 6 nitrogen and oxygen atoms in total. The Morgan fingerprint density at radius 1 is 1.29 bits per heavy atom. The van der Waals surface area contributed by atoms with Gasteiger partial charge in [-0.3, -0.25) is 15.3 Å². The van der Waals surface area contributed by atoms with E-state index < -0.39 is 18.1 Å². The Hall–Kier alpha value is -1.64. The zero-order valence-electron chi connectivity index (χ0n) is 16.5. The van der Waals surface area contributed by atoms with Gasteiger partial charge in [0.15, 0.2) is 10.6 Å². The molecule has 2 rings (SSSR count). The van der Waals surface area contributed by atoms with Gasteiger partial charge in [-0.25, -0.2) is 4.98 Å². The minimum atomic E-state index is -0.629. The SMILES string of the molecule is CCCCNC(=O)CC(CSc1nc2ccccc2s1)C(=O)OC(N)CCC. The van der Waals surface area contributed by atoms with Crippen LogP contribution in [0.4, 0.5) is 0 Å². The highest BCUT2D eigenvalue weighted by Gasteiger charge is 2.26. The van der Waals surface area contributed by atoms with E-state index in [1.165, 1.54) is 11.8 Å². The van der Waals surface area contributed by atoms with E-state index in [0.717, 1.165) is 33.8 Å². The molecule has 1 aromatic carbocycles. The number of fused-ring (bicyclic) bond motifs is 1. The van der Waals surface area contributed by atoms with Gasteiger partial charge in [-0.2, -0.15) is 0 Å². The summed E-state index contributed by atoms with van der Waals surface area (Å²) < 4.78 is 7.34. The summed E-state index contributed by atoms with van der Waals surface area (Å²) >= 11 is 3.06. The number of esters is 1. The number of thioether (sulfide) groups is 1. The number of rotatable bonds is 12. The maximum absolute atomic E-state index is 12.6. The number of nitrogens with zero attached hydrogens (tertiary/aromatic N) is 1. The van der Waals surface area contributed by atoms with Crippen LogP contribution in [-0.2, 0) is 14.3 Å². The number of nitrogens with two attached hydrogens (primary N) is 1. The Bertz CT molecular complexity index is 733. The summed E-state index contributed by atoms with van der Waals surface area (Å²) in [5, 5.41) is 2.87. The van der Waals surface area contributed by atoms with E-state index in [0.29, 0.717) is 18.7 Å². The van der Waals surface area contributed by atoms with Gasteiger partial charge in [0.1, 0.15) is 0 Å². The van der Waals surface area contributed by atoms with Crippen molar-refractivity contribution in [3.63, 3.8) is 0 Å². The van der Waals surface area contributed by atoms with Gasteiger partial charge >= 0.3 is 5.97 Å². The van der Waals surface area contributed by atoms with Crippen LogP contribution in [0.1, 0.15) is 46.0 Å². The van der Waals surface area contributed by atoms with Gasteiger partial charge in [0, 0.05) is 18.7 Å². The number of nitrogens with one attached hydrogen (secondary N) is 1. The maximum Gasteiger partial charge on any atom is 0.311 e. The highest BCUT2D eigenvalue weighted by Crippen LogP contribution is 2.31. The molecule has 0 bridgehead atoms. The van der Waals surface area contributed by atoms with Crippen LogP contribution in [0.2, 0.25) is 0 Å². The topological polar surface area (TPSA) is 94.3 Å². The molecule has 0 radical (unpaired) electrons. The molecule has 0 aliphatic carbocycles. The number of aromatic nitrogens is 1. The first-order valence-electron chi connectivity index (χ1n) is 9.74. The van der Waals surface area contributed by atoms with E-state index >= 15 is 0 Å². The van der Waals surface area contributed by atoms with Crippen molar-refractivity contribution in [2.24, 2.45) is 11.7 Å². The second kappa shape index (κ2) is 12.0. The fourth-order valence-corrected chi connectivity index (χ4v) is 4.75. The number of carbonyl (C=O) groups excluding carboxylic acids is 2. The standard InChI is InChI=1S/C20H29N3O3S2/c1-3-5-11-22-18(24)12-14(19(25)26-17(21)8-4-2)13-27-20-23-15-9-6-7-10-16(15)28-20/h6-7,9-10,14,17H,3-5,8,11-13,21H2,1-2H3,(H,22,24). The molecule has 8 heteroatoms. The molecule has 2 atom stereocenters. The third-order valence-corrected chi connectivity index (χ3v) is 6.48. The molecule has 154 valence electrons. The van der Waals surface area contributed by atoms with Gasteiger partial charge in [0.05, 0.1) is 16.1 Å². The lowest BCUT2D eigenvalue weighted by Crippen LogP contribution is -2.35. The normalized spacial score (nSPS) is 13.2. The fourth-order valence-electron chi connectivity index (χ4n) is 2.58. The molecule has 0 fully saturated rings. The Labute approximate surface area is 174 Å². The van der Waals surface area contributed by atoms with E-state index in [2.05, 4.69) is 17.2 Å². The monoisotopic (exact) mass is 423 g/mol. The smallest absolute Gasteiger partial charge is 0.311 e. The third-order valence-electron chi connectivity index (χ3n) is 4.14. The summed E-state index contributed by atoms with van der Waals surface area (Å²) in [4.78, 5) is 29.4. The molecule has 3 N–H and O–H groups in total. The zero-order valence-corrected chi connectivity index (χ0v) is 18.1. The Morgan fingerprint density at radius 3 is 2.79 bits per heavy atom. The molecule has 1 heterocycles. The van der Waals surface area contributed by atoms with Crippen LogP contribution >= 0.6 is 23.1 Å². The number of benzene rings is 1. The van der Waals surface area contributed by atoms with Gasteiger partial charge in [-0.05, 0) is 25.0 Å². The number of carbonyl (C=O) groups is 2. The molecule has 0 aliphatic heterocycles. The number of para-hydroxylation sites is 1. The predicted molar refractivity (Wildman–Crippen MR) is 115 cm³/mol. The molecule has 0 saturated heterocycles. The van der Waals surface area contributed by atoms with Crippen molar-refractivity contribution < 1.29 is 14.3 Å². The average molecular weight is 424 g/mol. The van der Waals surface area contributed by atoms with Crippen molar-refractivity contribution in [2.45, 2.75) is 56.5 Å². The van der Waals surface area contributed by atoms with Gasteiger partial charge in [-0.1, -0.05) is 50.6 Å². The van der Waals surface area contributed by atoms with Crippen LogP contribution in [0, 0.1) is 5.92 Å². The molecule has 2 unspecified atom stereocenters. The summed E-state index contributed by atoms with van der Waals surface area (Å²) in [5.41, 5.74) is 6.79. The summed E-state index contributed by atoms with van der Waals surface area (Å²) in [6.07, 6.45) is 2.83. The van der Waals surface area contributed by atoms with Crippen molar-refractivity contribution in [3.05, 3.63) is 24.3 Å². The average Bonchev–Trinajstić information content (AvgIpc) is 3.08. The number of thiazole rings is 1. The van der Waals surface area contributed by atoms with E-state index in [9.17, 15) is 9.59 Å². The molecule has 0 spiro atoms. The number of amides is 1. The Morgan fingerprint density at radius 2 is 2.07 bits per heavy atom. The minimum Gasteiger partial charge on any atom is -0.447 e. The molecule has 1 aromatic heterocycles. The summed E-state index contributed by atoms with van der Waals surface area (Å²) in [5.74, 6) is -0.676. The van der Waals surface area contributed by atoms with E-state index in [1.54, 1.807) is 11.3 Å². The maximum atomic E-state index is 12.6. The lowest BCUT2D eigenvalue weighted by molar-refractivity contribution is -0.154. The number of hydrogen-bond donors (Lipinski definition) is 2. The first-order valence-corrected chi connectivity index (χ1v) is 11.5. The largest absolute Gasteiger partial charge is 0.447 e. The second-order valence-corrected chi connectivity index (χ2v) is 8.92. The molecular formula is C20H29N3O3S2. The van der Waals surface area contributed by atoms with E-state index in [-0.39, 0.29) is 12.3 Å². The summed E-state index contributed by atoms with van der Waals surface area (Å²) in [6.45, 7) is 4.67. The van der Waals surface area contributed by atoms with Crippen LogP contribution in [0.25, 0.3) is 10.2 Å². The highest BCUT2D eigenvalue weighted by atomic mass is 32.2. The molecular weight excluding hydrogens is 394 g/mol. The van der Waals surface area contributed by atoms with Crippen LogP contribution in [0.15, 0.2) is 28.6 Å². The van der Waals surface area contributed by atoms with Crippen LogP contribution in [-0.4, -0.2) is 35.4 Å². The van der Waals surface area contributed by atoms with Gasteiger partial charge in [-0.15, -0.1) is 11.3 Å². The van der Waals surface area contributed by atoms with Crippen molar-refractivity contribution in [2.75, 3.05) is 12.3 Å². The molecule has 0 saturated carbocycles.